The van der Waals surface area contributed by atoms with Gasteiger partial charge in [-0.05, 0) is 51.9 Å². The van der Waals surface area contributed by atoms with Crippen LogP contribution < -0.4 is 10.1 Å². The standard InChI is InChI=1S/C18H23NO2S/c1-18(2,3)14-6-7-16(21-4)15(11-14)19-17(20)8-5-13-9-10-22-12-13/h6-7,9-12H,5,8H2,1-4H3,(H,19,20). The summed E-state index contributed by atoms with van der Waals surface area (Å²) in [6, 6.07) is 8.01. The van der Waals surface area contributed by atoms with E-state index in [1.807, 2.05) is 23.6 Å². The Morgan fingerprint density at radius 3 is 2.64 bits per heavy atom. The molecule has 0 aliphatic carbocycles. The fourth-order valence-corrected chi connectivity index (χ4v) is 2.88. The van der Waals surface area contributed by atoms with Crippen LogP contribution in [0, 0.1) is 0 Å². The number of carbonyl (C=O) groups excluding carboxylic acids is 1. The largest absolute Gasteiger partial charge is 0.495 e. The fraction of sp³-hybridized carbons (Fsp3) is 0.389. The number of hydrogen-bond acceptors (Lipinski definition) is 3. The molecule has 3 nitrogen and oxygen atoms in total. The summed E-state index contributed by atoms with van der Waals surface area (Å²) >= 11 is 1.65. The van der Waals surface area contributed by atoms with E-state index in [1.165, 1.54) is 11.1 Å². The summed E-state index contributed by atoms with van der Waals surface area (Å²) in [5.74, 6) is 0.701. The lowest BCUT2D eigenvalue weighted by molar-refractivity contribution is -0.116. The summed E-state index contributed by atoms with van der Waals surface area (Å²) in [4.78, 5) is 12.2. The van der Waals surface area contributed by atoms with E-state index in [1.54, 1.807) is 18.4 Å². The average Bonchev–Trinajstić information content (AvgIpc) is 2.97. The Morgan fingerprint density at radius 1 is 1.27 bits per heavy atom. The number of carbonyl (C=O) groups is 1. The lowest BCUT2D eigenvalue weighted by Crippen LogP contribution is -2.15. The molecule has 0 aliphatic heterocycles. The molecule has 1 aromatic carbocycles. The van der Waals surface area contributed by atoms with E-state index in [0.717, 1.165) is 12.1 Å². The molecule has 4 heteroatoms. The van der Waals surface area contributed by atoms with E-state index in [-0.39, 0.29) is 11.3 Å². The monoisotopic (exact) mass is 317 g/mol. The number of nitrogens with one attached hydrogen (secondary N) is 1. The second kappa shape index (κ2) is 6.97. The van der Waals surface area contributed by atoms with Gasteiger partial charge in [-0.25, -0.2) is 0 Å². The minimum Gasteiger partial charge on any atom is -0.495 e. The third-order valence-corrected chi connectivity index (χ3v) is 4.29. The highest BCUT2D eigenvalue weighted by molar-refractivity contribution is 7.07. The molecule has 22 heavy (non-hydrogen) atoms. The van der Waals surface area contributed by atoms with E-state index in [0.29, 0.717) is 12.2 Å². The first-order valence-electron chi connectivity index (χ1n) is 7.39. The highest BCUT2D eigenvalue weighted by Crippen LogP contribution is 2.31. The zero-order valence-electron chi connectivity index (χ0n) is 13.6. The quantitative estimate of drug-likeness (QED) is 0.873. The number of hydrogen-bond donors (Lipinski definition) is 1. The topological polar surface area (TPSA) is 38.3 Å². The molecule has 0 unspecified atom stereocenters. The molecule has 2 aromatic rings. The van der Waals surface area contributed by atoms with Gasteiger partial charge in [0.2, 0.25) is 5.91 Å². The minimum absolute atomic E-state index is 0.00978. The minimum atomic E-state index is 0.00978. The van der Waals surface area contributed by atoms with Gasteiger partial charge in [0.1, 0.15) is 5.75 Å². The second-order valence-electron chi connectivity index (χ2n) is 6.34. The first-order valence-corrected chi connectivity index (χ1v) is 8.34. The molecule has 0 radical (unpaired) electrons. The van der Waals surface area contributed by atoms with E-state index in [2.05, 4.69) is 37.5 Å². The zero-order valence-corrected chi connectivity index (χ0v) is 14.4. The lowest BCUT2D eigenvalue weighted by Gasteiger charge is -2.21. The van der Waals surface area contributed by atoms with Crippen LogP contribution in [0.15, 0.2) is 35.0 Å². The van der Waals surface area contributed by atoms with Gasteiger partial charge in [0.05, 0.1) is 12.8 Å². The van der Waals surface area contributed by atoms with Gasteiger partial charge in [-0.2, -0.15) is 11.3 Å². The third-order valence-electron chi connectivity index (χ3n) is 3.56. The molecular weight excluding hydrogens is 294 g/mol. The zero-order chi connectivity index (χ0) is 16.2. The average molecular weight is 317 g/mol. The van der Waals surface area contributed by atoms with Crippen LogP contribution in [-0.2, 0) is 16.6 Å². The Morgan fingerprint density at radius 2 is 2.05 bits per heavy atom. The summed E-state index contributed by atoms with van der Waals surface area (Å²) in [6.07, 6.45) is 1.23. The van der Waals surface area contributed by atoms with Crippen LogP contribution >= 0.6 is 11.3 Å². The normalized spacial score (nSPS) is 11.3. The van der Waals surface area contributed by atoms with E-state index >= 15 is 0 Å². The molecule has 0 aliphatic rings. The Balaban J connectivity index is 2.08. The molecule has 0 atom stereocenters. The molecule has 118 valence electrons. The maximum atomic E-state index is 12.2. The van der Waals surface area contributed by atoms with Crippen LogP contribution in [-0.4, -0.2) is 13.0 Å². The maximum absolute atomic E-state index is 12.2. The molecule has 1 amide bonds. The number of benzene rings is 1. The Bertz CT molecular complexity index is 627. The molecule has 1 aromatic heterocycles. The van der Waals surface area contributed by atoms with Crippen molar-refractivity contribution in [1.82, 2.24) is 0 Å². The predicted octanol–water partition coefficient (Wildman–Crippen LogP) is 4.63. The van der Waals surface area contributed by atoms with Crippen molar-refractivity contribution in [2.24, 2.45) is 0 Å². The van der Waals surface area contributed by atoms with Crippen LogP contribution in [0.5, 0.6) is 5.75 Å². The van der Waals surface area contributed by atoms with E-state index in [4.69, 9.17) is 4.74 Å². The number of methoxy groups -OCH3 is 1. The first kappa shape index (κ1) is 16.6. The van der Waals surface area contributed by atoms with Crippen LogP contribution in [0.3, 0.4) is 0 Å². The van der Waals surface area contributed by atoms with Crippen molar-refractivity contribution in [3.63, 3.8) is 0 Å². The number of ether oxygens (including phenoxy) is 1. The molecule has 0 saturated heterocycles. The van der Waals surface area contributed by atoms with Crippen molar-refractivity contribution < 1.29 is 9.53 Å². The summed E-state index contributed by atoms with van der Waals surface area (Å²) in [5.41, 5.74) is 3.14. The third kappa shape index (κ3) is 4.34. The van der Waals surface area contributed by atoms with Crippen LogP contribution in [0.25, 0.3) is 0 Å². The van der Waals surface area contributed by atoms with Crippen molar-refractivity contribution >= 4 is 22.9 Å². The predicted molar refractivity (Wildman–Crippen MR) is 93.0 cm³/mol. The Kier molecular flexibility index (Phi) is 5.24. The van der Waals surface area contributed by atoms with Gasteiger partial charge in [-0.1, -0.05) is 26.8 Å². The van der Waals surface area contributed by atoms with Gasteiger partial charge in [0.15, 0.2) is 0 Å². The van der Waals surface area contributed by atoms with Crippen LogP contribution in [0.1, 0.15) is 38.3 Å². The molecule has 1 heterocycles. The SMILES string of the molecule is COc1ccc(C(C)(C)C)cc1NC(=O)CCc1ccsc1. The van der Waals surface area contributed by atoms with Crippen molar-refractivity contribution in [2.45, 2.75) is 39.0 Å². The maximum Gasteiger partial charge on any atom is 0.224 e. The molecule has 0 bridgehead atoms. The lowest BCUT2D eigenvalue weighted by atomic mass is 9.87. The summed E-state index contributed by atoms with van der Waals surface area (Å²) in [7, 11) is 1.62. The number of anilines is 1. The van der Waals surface area contributed by atoms with Crippen LogP contribution in [0.2, 0.25) is 0 Å². The molecule has 0 spiro atoms. The number of rotatable bonds is 5. The highest BCUT2D eigenvalue weighted by atomic mass is 32.1. The van der Waals surface area contributed by atoms with Crippen LogP contribution in [0.4, 0.5) is 5.69 Å². The first-order chi connectivity index (χ1) is 10.4. The van der Waals surface area contributed by atoms with Crippen molar-refractivity contribution in [2.75, 3.05) is 12.4 Å². The van der Waals surface area contributed by atoms with Crippen molar-refractivity contribution in [1.29, 1.82) is 0 Å². The second-order valence-corrected chi connectivity index (χ2v) is 7.12. The summed E-state index contributed by atoms with van der Waals surface area (Å²) in [6.45, 7) is 6.45. The van der Waals surface area contributed by atoms with Crippen molar-refractivity contribution in [3.05, 3.63) is 46.2 Å². The van der Waals surface area contributed by atoms with Gasteiger partial charge < -0.3 is 10.1 Å². The molecule has 2 rings (SSSR count). The van der Waals surface area contributed by atoms with Gasteiger partial charge >= 0.3 is 0 Å². The fourth-order valence-electron chi connectivity index (χ4n) is 2.18. The van der Waals surface area contributed by atoms with E-state index in [9.17, 15) is 4.79 Å². The Hall–Kier alpha value is -1.81. The summed E-state index contributed by atoms with van der Waals surface area (Å²) < 4.78 is 5.35. The van der Waals surface area contributed by atoms with Gasteiger partial charge in [0, 0.05) is 6.42 Å². The molecular formula is C18H23NO2S. The number of aryl methyl sites for hydroxylation is 1. The smallest absolute Gasteiger partial charge is 0.224 e. The van der Waals surface area contributed by atoms with Gasteiger partial charge in [-0.3, -0.25) is 4.79 Å². The van der Waals surface area contributed by atoms with Crippen molar-refractivity contribution in [3.8, 4) is 5.75 Å². The molecule has 0 saturated carbocycles. The molecule has 0 fully saturated rings. The highest BCUT2D eigenvalue weighted by Gasteiger charge is 2.17. The van der Waals surface area contributed by atoms with Gasteiger partial charge in [0.25, 0.3) is 0 Å². The number of amides is 1. The van der Waals surface area contributed by atoms with E-state index < -0.39 is 0 Å². The summed E-state index contributed by atoms with van der Waals surface area (Å²) in [5, 5.41) is 7.08. The number of thiophene rings is 1. The molecule has 1 N–H and O–H groups in total. The van der Waals surface area contributed by atoms with Gasteiger partial charge in [-0.15, -0.1) is 0 Å². The Labute approximate surface area is 136 Å².